The molecule has 1 aromatic rings. The van der Waals surface area contributed by atoms with Crippen LogP contribution < -0.4 is 0 Å². The van der Waals surface area contributed by atoms with Crippen molar-refractivity contribution in [3.05, 3.63) is 47.5 Å². The van der Waals surface area contributed by atoms with E-state index in [0.29, 0.717) is 0 Å². The molecule has 0 aromatic heterocycles. The molecule has 0 amide bonds. The van der Waals surface area contributed by atoms with Crippen molar-refractivity contribution in [2.75, 3.05) is 0 Å². The average Bonchev–Trinajstić information content (AvgIpc) is 2.29. The standard InChI is InChI=1S/C15H18/c1-11-6-7-13-9-8-12-4-2-3-5-14(12)15(13)10-11/h2-5,13,15H,1,6-10H2. The van der Waals surface area contributed by atoms with Crippen LogP contribution in [0.4, 0.5) is 0 Å². The fraction of sp³-hybridized carbons (Fsp3) is 0.467. The lowest BCUT2D eigenvalue weighted by atomic mass is 9.67. The zero-order valence-corrected chi connectivity index (χ0v) is 9.21. The summed E-state index contributed by atoms with van der Waals surface area (Å²) in [6, 6.07) is 9.02. The molecule has 0 heterocycles. The van der Waals surface area contributed by atoms with Crippen molar-refractivity contribution < 1.29 is 0 Å². The Bertz CT molecular complexity index is 389. The lowest BCUT2D eigenvalue weighted by Crippen LogP contribution is -2.24. The van der Waals surface area contributed by atoms with Crippen LogP contribution in [0.2, 0.25) is 0 Å². The maximum Gasteiger partial charge on any atom is -0.00935 e. The first kappa shape index (κ1) is 9.21. The topological polar surface area (TPSA) is 0 Å². The molecular weight excluding hydrogens is 180 g/mol. The maximum atomic E-state index is 4.18. The van der Waals surface area contributed by atoms with Crippen LogP contribution in [0.15, 0.2) is 36.4 Å². The minimum absolute atomic E-state index is 0.788. The van der Waals surface area contributed by atoms with Crippen LogP contribution in [-0.4, -0.2) is 0 Å². The summed E-state index contributed by atoms with van der Waals surface area (Å²) in [6.07, 6.45) is 6.57. The number of hydrogen-bond donors (Lipinski definition) is 0. The quantitative estimate of drug-likeness (QED) is 0.551. The molecule has 1 fully saturated rings. The Kier molecular flexibility index (Phi) is 2.16. The van der Waals surface area contributed by atoms with Crippen LogP contribution in [0.1, 0.15) is 42.7 Å². The van der Waals surface area contributed by atoms with Crippen LogP contribution in [0, 0.1) is 5.92 Å². The first-order valence-corrected chi connectivity index (χ1v) is 6.09. The van der Waals surface area contributed by atoms with Gasteiger partial charge in [-0.1, -0.05) is 36.4 Å². The summed E-state index contributed by atoms with van der Waals surface area (Å²) in [5.41, 5.74) is 4.68. The molecule has 0 radical (unpaired) electrons. The fourth-order valence-electron chi connectivity index (χ4n) is 3.34. The Balaban J connectivity index is 2.00. The van der Waals surface area contributed by atoms with E-state index in [-0.39, 0.29) is 0 Å². The van der Waals surface area contributed by atoms with Crippen molar-refractivity contribution in [1.82, 2.24) is 0 Å². The molecule has 1 aromatic carbocycles. The number of rotatable bonds is 0. The van der Waals surface area contributed by atoms with Crippen molar-refractivity contribution >= 4 is 0 Å². The second-order valence-corrected chi connectivity index (χ2v) is 5.10. The molecule has 0 aliphatic heterocycles. The molecule has 0 nitrogen and oxygen atoms in total. The first-order chi connectivity index (χ1) is 7.34. The third-order valence-corrected chi connectivity index (χ3v) is 4.19. The van der Waals surface area contributed by atoms with E-state index in [1.54, 1.807) is 11.1 Å². The number of aryl methyl sites for hydroxylation is 1. The summed E-state index contributed by atoms with van der Waals surface area (Å²) in [4.78, 5) is 0. The van der Waals surface area contributed by atoms with Crippen molar-refractivity contribution in [3.63, 3.8) is 0 Å². The van der Waals surface area contributed by atoms with Gasteiger partial charge < -0.3 is 0 Å². The zero-order valence-electron chi connectivity index (χ0n) is 9.21. The summed E-state index contributed by atoms with van der Waals surface area (Å²) in [5, 5.41) is 0. The highest BCUT2D eigenvalue weighted by Gasteiger charge is 2.32. The highest BCUT2D eigenvalue weighted by atomic mass is 14.4. The monoisotopic (exact) mass is 198 g/mol. The molecule has 1 saturated carbocycles. The predicted octanol–water partition coefficient (Wildman–Crippen LogP) is 4.07. The Morgan fingerprint density at radius 1 is 1.07 bits per heavy atom. The van der Waals surface area contributed by atoms with Gasteiger partial charge in [-0.2, -0.15) is 0 Å². The van der Waals surface area contributed by atoms with Crippen molar-refractivity contribution in [2.24, 2.45) is 5.92 Å². The Morgan fingerprint density at radius 2 is 1.87 bits per heavy atom. The van der Waals surface area contributed by atoms with E-state index in [9.17, 15) is 0 Å². The number of fused-ring (bicyclic) bond motifs is 3. The molecule has 0 saturated heterocycles. The van der Waals surface area contributed by atoms with Crippen molar-refractivity contribution in [3.8, 4) is 0 Å². The van der Waals surface area contributed by atoms with Gasteiger partial charge in [-0.3, -0.25) is 0 Å². The molecule has 0 heteroatoms. The van der Waals surface area contributed by atoms with E-state index in [4.69, 9.17) is 0 Å². The highest BCUT2D eigenvalue weighted by molar-refractivity contribution is 5.35. The van der Waals surface area contributed by atoms with Gasteiger partial charge in [0.2, 0.25) is 0 Å². The van der Waals surface area contributed by atoms with Crippen LogP contribution in [-0.2, 0) is 6.42 Å². The summed E-state index contributed by atoms with van der Waals surface area (Å²) < 4.78 is 0. The Hall–Kier alpha value is -1.04. The van der Waals surface area contributed by atoms with Gasteiger partial charge in [-0.05, 0) is 55.1 Å². The first-order valence-electron chi connectivity index (χ1n) is 6.09. The summed E-state index contributed by atoms with van der Waals surface area (Å²) in [5.74, 6) is 1.72. The second-order valence-electron chi connectivity index (χ2n) is 5.10. The number of benzene rings is 1. The van der Waals surface area contributed by atoms with Crippen LogP contribution in [0.3, 0.4) is 0 Å². The molecule has 2 unspecified atom stereocenters. The van der Waals surface area contributed by atoms with Gasteiger partial charge in [-0.15, -0.1) is 0 Å². The zero-order chi connectivity index (χ0) is 10.3. The van der Waals surface area contributed by atoms with Gasteiger partial charge >= 0.3 is 0 Å². The van der Waals surface area contributed by atoms with E-state index in [1.807, 2.05) is 0 Å². The van der Waals surface area contributed by atoms with E-state index in [1.165, 1.54) is 37.7 Å². The summed E-state index contributed by atoms with van der Waals surface area (Å²) >= 11 is 0. The molecule has 2 aliphatic rings. The molecule has 0 N–H and O–H groups in total. The van der Waals surface area contributed by atoms with Gasteiger partial charge in [0.15, 0.2) is 0 Å². The van der Waals surface area contributed by atoms with Gasteiger partial charge in [0.1, 0.15) is 0 Å². The smallest absolute Gasteiger partial charge is 0.00935 e. The fourth-order valence-corrected chi connectivity index (χ4v) is 3.34. The third-order valence-electron chi connectivity index (χ3n) is 4.19. The molecular formula is C15H18. The second kappa shape index (κ2) is 3.52. The minimum atomic E-state index is 0.788. The predicted molar refractivity (Wildman–Crippen MR) is 64.0 cm³/mol. The van der Waals surface area contributed by atoms with Gasteiger partial charge in [-0.25, -0.2) is 0 Å². The molecule has 15 heavy (non-hydrogen) atoms. The molecule has 3 rings (SSSR count). The summed E-state index contributed by atoms with van der Waals surface area (Å²) in [6.45, 7) is 4.18. The molecule has 2 aliphatic carbocycles. The maximum absolute atomic E-state index is 4.18. The Morgan fingerprint density at radius 3 is 2.80 bits per heavy atom. The molecule has 78 valence electrons. The number of hydrogen-bond acceptors (Lipinski definition) is 0. The normalized spacial score (nSPS) is 29.5. The van der Waals surface area contributed by atoms with E-state index in [2.05, 4.69) is 30.8 Å². The van der Waals surface area contributed by atoms with E-state index < -0.39 is 0 Å². The average molecular weight is 198 g/mol. The van der Waals surface area contributed by atoms with E-state index >= 15 is 0 Å². The van der Waals surface area contributed by atoms with Gasteiger partial charge in [0.05, 0.1) is 0 Å². The van der Waals surface area contributed by atoms with Crippen LogP contribution in [0.25, 0.3) is 0 Å². The van der Waals surface area contributed by atoms with Crippen LogP contribution in [0.5, 0.6) is 0 Å². The largest absolute Gasteiger partial charge is 0.0998 e. The molecule has 0 spiro atoms. The van der Waals surface area contributed by atoms with E-state index in [0.717, 1.165) is 11.8 Å². The molecule has 2 atom stereocenters. The number of allylic oxidation sites excluding steroid dienone is 1. The third kappa shape index (κ3) is 1.52. The minimum Gasteiger partial charge on any atom is -0.0998 e. The summed E-state index contributed by atoms with van der Waals surface area (Å²) in [7, 11) is 0. The highest BCUT2D eigenvalue weighted by Crippen LogP contribution is 2.46. The van der Waals surface area contributed by atoms with Crippen LogP contribution >= 0.6 is 0 Å². The lowest BCUT2D eigenvalue weighted by molar-refractivity contribution is 0.314. The van der Waals surface area contributed by atoms with Crippen molar-refractivity contribution in [1.29, 1.82) is 0 Å². The molecule has 0 bridgehead atoms. The van der Waals surface area contributed by atoms with Gasteiger partial charge in [0, 0.05) is 0 Å². The lowest BCUT2D eigenvalue weighted by Gasteiger charge is -2.38. The van der Waals surface area contributed by atoms with Gasteiger partial charge in [0.25, 0.3) is 0 Å². The van der Waals surface area contributed by atoms with Crippen molar-refractivity contribution in [2.45, 2.75) is 38.0 Å². The Labute approximate surface area is 92.0 Å². The SMILES string of the molecule is C=C1CCC2CCc3ccccc3C2C1.